The van der Waals surface area contributed by atoms with Gasteiger partial charge in [0, 0.05) is 21.2 Å². The van der Waals surface area contributed by atoms with Crippen molar-refractivity contribution in [3.8, 4) is 0 Å². The molecule has 1 spiro atoms. The van der Waals surface area contributed by atoms with Crippen molar-refractivity contribution >= 4 is 15.7 Å². The Balaban J connectivity index is 2.05. The van der Waals surface area contributed by atoms with Gasteiger partial charge in [0.1, 0.15) is 0 Å². The van der Waals surface area contributed by atoms with Crippen LogP contribution in [0.25, 0.3) is 0 Å². The fraction of sp³-hybridized carbons (Fsp3) is 0.875. The Morgan fingerprint density at radius 1 is 1.46 bits per heavy atom. The lowest BCUT2D eigenvalue weighted by atomic mass is 9.96. The van der Waals surface area contributed by atoms with E-state index < -0.39 is 15.7 Å². The van der Waals surface area contributed by atoms with Gasteiger partial charge in [-0.2, -0.15) is 0 Å². The zero-order valence-electron chi connectivity index (χ0n) is 7.28. The summed E-state index contributed by atoms with van der Waals surface area (Å²) in [5.41, 5.74) is -0.0756. The number of hydrogen-bond donors (Lipinski definition) is 2. The highest BCUT2D eigenvalue weighted by molar-refractivity contribution is 7.92. The van der Waals surface area contributed by atoms with Gasteiger partial charge in [-0.3, -0.25) is 9.57 Å². The molecule has 1 aliphatic carbocycles. The standard InChI is InChI=1S/C8H13NO3S/c9-13(12)3-1-8(2-4-13)5-6(8)7(10)11/h6,9H,1-5H2,(H,10,11). The van der Waals surface area contributed by atoms with Crippen LogP contribution in [0.1, 0.15) is 19.3 Å². The quantitative estimate of drug-likeness (QED) is 0.665. The normalized spacial score (nSPS) is 49.1. The maximum atomic E-state index is 11.3. The molecule has 0 aromatic rings. The largest absolute Gasteiger partial charge is 0.481 e. The van der Waals surface area contributed by atoms with Crippen LogP contribution in [0, 0.1) is 16.1 Å². The fourth-order valence-electron chi connectivity index (χ4n) is 2.21. The van der Waals surface area contributed by atoms with E-state index in [4.69, 9.17) is 9.89 Å². The molecule has 1 unspecified atom stereocenters. The monoisotopic (exact) mass is 203 g/mol. The molecule has 0 bridgehead atoms. The average Bonchev–Trinajstić information content (AvgIpc) is 2.72. The third-order valence-electron chi connectivity index (χ3n) is 3.35. The molecule has 74 valence electrons. The Kier molecular flexibility index (Phi) is 1.71. The van der Waals surface area contributed by atoms with Gasteiger partial charge in [0.2, 0.25) is 0 Å². The number of carboxylic acids is 1. The van der Waals surface area contributed by atoms with Crippen molar-refractivity contribution in [2.45, 2.75) is 19.3 Å². The summed E-state index contributed by atoms with van der Waals surface area (Å²) < 4.78 is 18.7. The summed E-state index contributed by atoms with van der Waals surface area (Å²) in [7, 11) is -2.36. The maximum Gasteiger partial charge on any atom is 0.307 e. The zero-order valence-corrected chi connectivity index (χ0v) is 8.10. The fourth-order valence-corrected chi connectivity index (χ4v) is 3.89. The smallest absolute Gasteiger partial charge is 0.307 e. The molecule has 2 rings (SSSR count). The Bertz CT molecular complexity index is 332. The van der Waals surface area contributed by atoms with E-state index in [9.17, 15) is 9.00 Å². The maximum absolute atomic E-state index is 11.3. The number of aliphatic carboxylic acids is 1. The molecule has 5 heteroatoms. The van der Waals surface area contributed by atoms with Crippen LogP contribution in [0.3, 0.4) is 0 Å². The highest BCUT2D eigenvalue weighted by Crippen LogP contribution is 2.59. The second-order valence-corrected chi connectivity index (χ2v) is 6.62. The Hall–Kier alpha value is -0.580. The third kappa shape index (κ3) is 1.45. The van der Waals surface area contributed by atoms with Crippen LogP contribution in [0.4, 0.5) is 0 Å². The molecule has 1 atom stereocenters. The topological polar surface area (TPSA) is 78.2 Å². The predicted octanol–water partition coefficient (Wildman–Crippen LogP) is 0.918. The van der Waals surface area contributed by atoms with Gasteiger partial charge in [-0.25, -0.2) is 4.21 Å². The lowest BCUT2D eigenvalue weighted by Crippen LogP contribution is -2.26. The minimum atomic E-state index is -2.36. The Labute approximate surface area is 77.3 Å². The van der Waals surface area contributed by atoms with Crippen molar-refractivity contribution in [1.82, 2.24) is 0 Å². The van der Waals surface area contributed by atoms with E-state index in [2.05, 4.69) is 0 Å². The first-order chi connectivity index (χ1) is 5.95. The van der Waals surface area contributed by atoms with E-state index in [1.54, 1.807) is 0 Å². The summed E-state index contributed by atoms with van der Waals surface area (Å²) in [5, 5.41) is 8.78. The van der Waals surface area contributed by atoms with Gasteiger partial charge >= 0.3 is 5.97 Å². The highest BCUT2D eigenvalue weighted by atomic mass is 32.2. The number of rotatable bonds is 1. The summed E-state index contributed by atoms with van der Waals surface area (Å²) in [6, 6.07) is 0. The summed E-state index contributed by atoms with van der Waals surface area (Å²) in [6.45, 7) is 0. The molecular formula is C8H13NO3S. The SMILES string of the molecule is N=S1(=O)CCC2(CC1)CC2C(=O)O. The summed E-state index contributed by atoms with van der Waals surface area (Å²) in [5.74, 6) is -0.144. The van der Waals surface area contributed by atoms with Crippen LogP contribution in [-0.4, -0.2) is 26.8 Å². The van der Waals surface area contributed by atoms with Gasteiger partial charge in [0.25, 0.3) is 0 Å². The molecule has 2 aliphatic rings. The van der Waals surface area contributed by atoms with Crippen molar-refractivity contribution < 1.29 is 14.1 Å². The molecule has 0 aromatic carbocycles. The van der Waals surface area contributed by atoms with Crippen LogP contribution in [0.5, 0.6) is 0 Å². The van der Waals surface area contributed by atoms with E-state index in [-0.39, 0.29) is 11.3 Å². The molecular weight excluding hydrogens is 190 g/mol. The number of nitrogens with one attached hydrogen (secondary N) is 1. The Morgan fingerprint density at radius 3 is 2.38 bits per heavy atom. The van der Waals surface area contributed by atoms with Gasteiger partial charge in [0.15, 0.2) is 0 Å². The zero-order chi connectivity index (χ0) is 9.69. The van der Waals surface area contributed by atoms with Crippen LogP contribution < -0.4 is 0 Å². The first-order valence-electron chi connectivity index (χ1n) is 4.42. The molecule has 13 heavy (non-hydrogen) atoms. The summed E-state index contributed by atoms with van der Waals surface area (Å²) in [6.07, 6.45) is 2.08. The molecule has 2 N–H and O–H groups in total. The van der Waals surface area contributed by atoms with Crippen molar-refractivity contribution in [3.63, 3.8) is 0 Å². The molecule has 0 radical (unpaired) electrons. The van der Waals surface area contributed by atoms with Gasteiger partial charge < -0.3 is 5.11 Å². The van der Waals surface area contributed by atoms with Gasteiger partial charge in [-0.15, -0.1) is 0 Å². The molecule has 1 saturated heterocycles. The predicted molar refractivity (Wildman–Crippen MR) is 48.0 cm³/mol. The van der Waals surface area contributed by atoms with Crippen molar-refractivity contribution in [2.75, 3.05) is 11.5 Å². The molecule has 2 fully saturated rings. The number of carboxylic acid groups (broad SMARTS) is 1. The summed E-state index contributed by atoms with van der Waals surface area (Å²) in [4.78, 5) is 10.7. The van der Waals surface area contributed by atoms with E-state index in [0.29, 0.717) is 24.3 Å². The first kappa shape index (κ1) is 8.99. The van der Waals surface area contributed by atoms with E-state index >= 15 is 0 Å². The molecule has 1 heterocycles. The first-order valence-corrected chi connectivity index (χ1v) is 6.32. The van der Waals surface area contributed by atoms with Crippen LogP contribution in [0.2, 0.25) is 0 Å². The molecule has 0 aromatic heterocycles. The van der Waals surface area contributed by atoms with Crippen LogP contribution >= 0.6 is 0 Å². The second-order valence-electron chi connectivity index (χ2n) is 4.18. The number of carbonyl (C=O) groups is 1. The molecule has 4 nitrogen and oxygen atoms in total. The van der Waals surface area contributed by atoms with Crippen LogP contribution in [0.15, 0.2) is 0 Å². The van der Waals surface area contributed by atoms with E-state index in [0.717, 1.165) is 6.42 Å². The number of hydrogen-bond acceptors (Lipinski definition) is 3. The molecule has 1 saturated carbocycles. The third-order valence-corrected chi connectivity index (χ3v) is 5.07. The second kappa shape index (κ2) is 2.47. The lowest BCUT2D eigenvalue weighted by Gasteiger charge is -2.23. The van der Waals surface area contributed by atoms with Crippen molar-refractivity contribution in [2.24, 2.45) is 11.3 Å². The summed E-state index contributed by atoms with van der Waals surface area (Å²) >= 11 is 0. The van der Waals surface area contributed by atoms with Gasteiger partial charge in [-0.05, 0) is 24.7 Å². The average molecular weight is 203 g/mol. The van der Waals surface area contributed by atoms with Crippen LogP contribution in [-0.2, 0) is 14.5 Å². The van der Waals surface area contributed by atoms with Gasteiger partial charge in [-0.1, -0.05) is 0 Å². The minimum Gasteiger partial charge on any atom is -0.481 e. The van der Waals surface area contributed by atoms with Crippen molar-refractivity contribution in [3.05, 3.63) is 0 Å². The van der Waals surface area contributed by atoms with Crippen molar-refractivity contribution in [1.29, 1.82) is 4.78 Å². The highest BCUT2D eigenvalue weighted by Gasteiger charge is 2.59. The molecule has 1 aliphatic heterocycles. The molecule has 0 amide bonds. The van der Waals surface area contributed by atoms with E-state index in [1.807, 2.05) is 0 Å². The lowest BCUT2D eigenvalue weighted by molar-refractivity contribution is -0.139. The van der Waals surface area contributed by atoms with Gasteiger partial charge in [0.05, 0.1) is 5.92 Å². The minimum absolute atomic E-state index is 0.0756. The van der Waals surface area contributed by atoms with E-state index in [1.165, 1.54) is 0 Å². The Morgan fingerprint density at radius 2 is 2.00 bits per heavy atom.